The zero-order valence-corrected chi connectivity index (χ0v) is 15.5. The first-order valence-electron chi connectivity index (χ1n) is 9.57. The van der Waals surface area contributed by atoms with E-state index in [-0.39, 0.29) is 11.5 Å². The molecule has 3 aromatic rings. The van der Waals surface area contributed by atoms with Crippen LogP contribution in [0.4, 0.5) is 0 Å². The number of hydrogen-bond acceptors (Lipinski definition) is 5. The van der Waals surface area contributed by atoms with Crippen LogP contribution >= 0.6 is 0 Å². The van der Waals surface area contributed by atoms with E-state index in [1.165, 1.54) is 6.21 Å². The predicted molar refractivity (Wildman–Crippen MR) is 105 cm³/mol. The lowest BCUT2D eigenvalue weighted by Crippen LogP contribution is -2.22. The monoisotopic (exact) mass is 376 g/mol. The molecule has 2 atom stereocenters. The second-order valence-corrected chi connectivity index (χ2v) is 7.58. The Morgan fingerprint density at radius 3 is 3.04 bits per heavy atom. The van der Waals surface area contributed by atoms with Crippen LogP contribution in [0.2, 0.25) is 0 Å². The lowest BCUT2D eigenvalue weighted by atomic mass is 10.1. The molecule has 0 bridgehead atoms. The Kier molecular flexibility index (Phi) is 3.89. The molecule has 5 rings (SSSR count). The van der Waals surface area contributed by atoms with Crippen LogP contribution < -0.4 is 11.0 Å². The van der Waals surface area contributed by atoms with Crippen LogP contribution in [0, 0.1) is 5.92 Å². The third-order valence-corrected chi connectivity index (χ3v) is 5.56. The van der Waals surface area contributed by atoms with Crippen LogP contribution in [0.5, 0.6) is 0 Å². The molecule has 1 aliphatic heterocycles. The minimum Gasteiger partial charge on any atom is -0.460 e. The number of amides is 1. The average molecular weight is 376 g/mol. The summed E-state index contributed by atoms with van der Waals surface area (Å²) in [6.07, 6.45) is 4.36. The van der Waals surface area contributed by atoms with E-state index < -0.39 is 0 Å². The van der Waals surface area contributed by atoms with Crippen molar-refractivity contribution in [1.29, 1.82) is 0 Å². The second kappa shape index (κ2) is 6.44. The average Bonchev–Trinajstić information content (AvgIpc) is 3.09. The van der Waals surface area contributed by atoms with Crippen molar-refractivity contribution in [2.45, 2.75) is 38.6 Å². The Morgan fingerprint density at radius 2 is 2.21 bits per heavy atom. The third-order valence-electron chi connectivity index (χ3n) is 5.56. The lowest BCUT2D eigenvalue weighted by Gasteiger charge is -2.06. The van der Waals surface area contributed by atoms with Crippen molar-refractivity contribution >= 4 is 23.0 Å². The molecule has 1 aliphatic carbocycles. The van der Waals surface area contributed by atoms with E-state index >= 15 is 0 Å². The van der Waals surface area contributed by atoms with E-state index in [4.69, 9.17) is 4.42 Å². The first kappa shape index (κ1) is 16.9. The molecule has 0 radical (unpaired) electrons. The van der Waals surface area contributed by atoms with Gasteiger partial charge in [-0.3, -0.25) is 14.2 Å². The molecule has 7 nitrogen and oxygen atoms in total. The van der Waals surface area contributed by atoms with Crippen molar-refractivity contribution in [3.8, 4) is 0 Å². The summed E-state index contributed by atoms with van der Waals surface area (Å²) in [4.78, 5) is 29.4. The van der Waals surface area contributed by atoms with Gasteiger partial charge in [0, 0.05) is 24.4 Å². The van der Waals surface area contributed by atoms with E-state index in [1.807, 2.05) is 12.1 Å². The zero-order chi connectivity index (χ0) is 19.3. The SMILES string of the molecule is C[C@@H]1C[C@H]1c1ccc(/C=N\NC(=O)c2ccc3c(=O)n4c(nc3c2)CCC4)o1. The predicted octanol–water partition coefficient (Wildman–Crippen LogP) is 2.82. The van der Waals surface area contributed by atoms with Gasteiger partial charge in [0.25, 0.3) is 11.5 Å². The third kappa shape index (κ3) is 2.93. The van der Waals surface area contributed by atoms with E-state index in [0.717, 1.165) is 30.8 Å². The van der Waals surface area contributed by atoms with Crippen LogP contribution in [0.1, 0.15) is 53.4 Å². The second-order valence-electron chi connectivity index (χ2n) is 7.58. The van der Waals surface area contributed by atoms with Crippen LogP contribution in [0.15, 0.2) is 44.6 Å². The molecule has 142 valence electrons. The molecule has 0 spiro atoms. The summed E-state index contributed by atoms with van der Waals surface area (Å²) in [5, 5.41) is 4.51. The Balaban J connectivity index is 1.32. The molecule has 1 amide bonds. The smallest absolute Gasteiger partial charge is 0.271 e. The molecule has 1 saturated carbocycles. The summed E-state index contributed by atoms with van der Waals surface area (Å²) >= 11 is 0. The van der Waals surface area contributed by atoms with Crippen LogP contribution in [0.25, 0.3) is 10.9 Å². The lowest BCUT2D eigenvalue weighted by molar-refractivity contribution is 0.0955. The van der Waals surface area contributed by atoms with Crippen molar-refractivity contribution in [1.82, 2.24) is 15.0 Å². The number of nitrogens with one attached hydrogen (secondary N) is 1. The van der Waals surface area contributed by atoms with Gasteiger partial charge in [-0.15, -0.1) is 0 Å². The van der Waals surface area contributed by atoms with Gasteiger partial charge < -0.3 is 4.42 Å². The number of furan rings is 1. The maximum absolute atomic E-state index is 12.5. The highest BCUT2D eigenvalue weighted by Gasteiger charge is 2.36. The van der Waals surface area contributed by atoms with Crippen LogP contribution in [-0.2, 0) is 13.0 Å². The fraction of sp³-hybridized carbons (Fsp3) is 0.333. The Bertz CT molecular complexity index is 1170. The first-order valence-corrected chi connectivity index (χ1v) is 9.57. The normalized spacial score (nSPS) is 20.6. The highest BCUT2D eigenvalue weighted by atomic mass is 16.3. The summed E-state index contributed by atoms with van der Waals surface area (Å²) in [6.45, 7) is 2.91. The number of benzene rings is 1. The molecule has 0 unspecified atom stereocenters. The first-order chi connectivity index (χ1) is 13.6. The van der Waals surface area contributed by atoms with Gasteiger partial charge in [0.2, 0.25) is 0 Å². The van der Waals surface area contributed by atoms with Gasteiger partial charge in [0.1, 0.15) is 17.3 Å². The molecule has 2 aliphatic rings. The molecule has 28 heavy (non-hydrogen) atoms. The molecule has 1 aromatic carbocycles. The van der Waals surface area contributed by atoms with Gasteiger partial charge in [0.05, 0.1) is 17.1 Å². The van der Waals surface area contributed by atoms with Gasteiger partial charge in [-0.05, 0) is 49.1 Å². The maximum Gasteiger partial charge on any atom is 0.271 e. The molecular formula is C21H20N4O3. The Labute approximate surface area is 161 Å². The van der Waals surface area contributed by atoms with Crippen molar-refractivity contribution in [2.24, 2.45) is 11.0 Å². The standard InChI is InChI=1S/C21H20N4O3/c1-12-9-16(12)18-7-5-14(28-18)11-22-24-20(26)13-4-6-15-17(10-13)23-19-3-2-8-25(19)21(15)27/h4-7,10-12,16H,2-3,8-9H2,1H3,(H,24,26)/b22-11-/t12-,16-/m1/s1. The van der Waals surface area contributed by atoms with Crippen LogP contribution in [-0.4, -0.2) is 21.7 Å². The number of hydrogen-bond donors (Lipinski definition) is 1. The fourth-order valence-corrected chi connectivity index (χ4v) is 3.80. The summed E-state index contributed by atoms with van der Waals surface area (Å²) in [5.41, 5.74) is 3.41. The van der Waals surface area contributed by atoms with Gasteiger partial charge in [0.15, 0.2) is 0 Å². The number of aromatic nitrogens is 2. The molecule has 0 saturated heterocycles. The largest absolute Gasteiger partial charge is 0.460 e. The Hall–Kier alpha value is -3.22. The fourth-order valence-electron chi connectivity index (χ4n) is 3.80. The molecule has 1 N–H and O–H groups in total. The number of aryl methyl sites for hydroxylation is 1. The molecule has 3 heterocycles. The van der Waals surface area contributed by atoms with E-state index in [2.05, 4.69) is 22.4 Å². The van der Waals surface area contributed by atoms with Crippen molar-refractivity contribution in [3.05, 3.63) is 63.6 Å². The quantitative estimate of drug-likeness (QED) is 0.560. The number of rotatable bonds is 4. The van der Waals surface area contributed by atoms with Gasteiger partial charge >= 0.3 is 0 Å². The van der Waals surface area contributed by atoms with Crippen molar-refractivity contribution < 1.29 is 9.21 Å². The van der Waals surface area contributed by atoms with Crippen LogP contribution in [0.3, 0.4) is 0 Å². The molecule has 2 aromatic heterocycles. The van der Waals surface area contributed by atoms with Gasteiger partial charge in [-0.2, -0.15) is 5.10 Å². The number of carbonyl (C=O) groups excluding carboxylic acids is 1. The summed E-state index contributed by atoms with van der Waals surface area (Å²) in [5.74, 6) is 3.19. The van der Waals surface area contributed by atoms with Gasteiger partial charge in [-0.25, -0.2) is 10.4 Å². The zero-order valence-electron chi connectivity index (χ0n) is 15.5. The highest BCUT2D eigenvalue weighted by molar-refractivity contribution is 5.98. The Morgan fingerprint density at radius 1 is 1.36 bits per heavy atom. The summed E-state index contributed by atoms with van der Waals surface area (Å²) in [6, 6.07) is 8.73. The van der Waals surface area contributed by atoms with E-state index in [9.17, 15) is 9.59 Å². The maximum atomic E-state index is 12.5. The topological polar surface area (TPSA) is 89.5 Å². The number of hydrazone groups is 1. The van der Waals surface area contributed by atoms with Crippen molar-refractivity contribution in [3.63, 3.8) is 0 Å². The molecular weight excluding hydrogens is 356 g/mol. The van der Waals surface area contributed by atoms with E-state index in [0.29, 0.717) is 40.6 Å². The van der Waals surface area contributed by atoms with E-state index in [1.54, 1.807) is 22.8 Å². The molecule has 1 fully saturated rings. The minimum atomic E-state index is -0.358. The summed E-state index contributed by atoms with van der Waals surface area (Å²) in [7, 11) is 0. The minimum absolute atomic E-state index is 0.0407. The van der Waals surface area contributed by atoms with Crippen molar-refractivity contribution in [2.75, 3.05) is 0 Å². The van der Waals surface area contributed by atoms with Gasteiger partial charge in [-0.1, -0.05) is 6.92 Å². The highest BCUT2D eigenvalue weighted by Crippen LogP contribution is 2.47. The number of nitrogens with zero attached hydrogens (tertiary/aromatic N) is 3. The summed E-state index contributed by atoms with van der Waals surface area (Å²) < 4.78 is 7.45. The number of fused-ring (bicyclic) bond motifs is 2. The number of carbonyl (C=O) groups is 1. The molecule has 7 heteroatoms.